The second-order valence-electron chi connectivity index (χ2n) is 6.42. The molecule has 0 aromatic heterocycles. The molecule has 2 aromatic rings. The van der Waals surface area contributed by atoms with E-state index in [1.165, 1.54) is 10.6 Å². The lowest BCUT2D eigenvalue weighted by Crippen LogP contribution is -2.43. The molecule has 2 aliphatic rings. The Labute approximate surface area is 160 Å². The van der Waals surface area contributed by atoms with Crippen LogP contribution < -0.4 is 9.91 Å². The van der Waals surface area contributed by atoms with Crippen molar-refractivity contribution in [3.8, 4) is 0 Å². The number of carbonyl (C=O) groups excluding carboxylic acids is 2. The Morgan fingerprint density at radius 1 is 1.00 bits per heavy atom. The van der Waals surface area contributed by atoms with Crippen molar-refractivity contribution < 1.29 is 9.59 Å². The van der Waals surface area contributed by atoms with Gasteiger partial charge in [-0.1, -0.05) is 34.1 Å². The van der Waals surface area contributed by atoms with Crippen LogP contribution in [0.3, 0.4) is 0 Å². The molecular formula is C20H18BrN3O2. The molecule has 0 radical (unpaired) electrons. The van der Waals surface area contributed by atoms with E-state index >= 15 is 0 Å². The second-order valence-corrected chi connectivity index (χ2v) is 7.33. The van der Waals surface area contributed by atoms with Crippen LogP contribution in [0.1, 0.15) is 24.8 Å². The molecule has 0 unspecified atom stereocenters. The fourth-order valence-electron chi connectivity index (χ4n) is 3.39. The van der Waals surface area contributed by atoms with E-state index in [1.807, 2.05) is 42.5 Å². The Kier molecular flexibility index (Phi) is 4.59. The number of carbonyl (C=O) groups is 2. The standard InChI is InChI=1S/C20H18BrN3O2/c21-15-7-9-16(10-8-15)24-19(25)12-11-17(22-24)20(26)23-13-3-5-14-4-1-2-6-18(14)23/h1-2,4,6-10H,3,5,11-13H2. The molecule has 0 atom stereocenters. The van der Waals surface area contributed by atoms with Crippen LogP contribution in [0.25, 0.3) is 0 Å². The third-order valence-corrected chi connectivity index (χ3v) is 5.23. The molecular weight excluding hydrogens is 394 g/mol. The van der Waals surface area contributed by atoms with Gasteiger partial charge >= 0.3 is 0 Å². The number of fused-ring (bicyclic) bond motifs is 1. The minimum atomic E-state index is -0.105. The number of halogens is 1. The van der Waals surface area contributed by atoms with Gasteiger partial charge in [-0.2, -0.15) is 5.10 Å². The number of rotatable bonds is 2. The van der Waals surface area contributed by atoms with Gasteiger partial charge in [-0.15, -0.1) is 0 Å². The largest absolute Gasteiger partial charge is 0.307 e. The first-order valence-electron chi connectivity index (χ1n) is 8.69. The summed E-state index contributed by atoms with van der Waals surface area (Å²) in [6.45, 7) is 0.682. The summed E-state index contributed by atoms with van der Waals surface area (Å²) in [5.41, 5.74) is 3.24. The minimum Gasteiger partial charge on any atom is -0.307 e. The maximum atomic E-state index is 13.1. The molecule has 0 spiro atoms. The number of benzene rings is 2. The quantitative estimate of drug-likeness (QED) is 0.751. The molecule has 0 N–H and O–H groups in total. The topological polar surface area (TPSA) is 53.0 Å². The van der Waals surface area contributed by atoms with Gasteiger partial charge in [0, 0.05) is 29.5 Å². The average molecular weight is 412 g/mol. The van der Waals surface area contributed by atoms with E-state index in [0.29, 0.717) is 24.4 Å². The number of hydrogen-bond donors (Lipinski definition) is 0. The smallest absolute Gasteiger partial charge is 0.274 e. The molecule has 0 aliphatic carbocycles. The van der Waals surface area contributed by atoms with Gasteiger partial charge in [0.25, 0.3) is 5.91 Å². The molecule has 0 bridgehead atoms. The normalized spacial score (nSPS) is 17.0. The number of para-hydroxylation sites is 1. The first-order chi connectivity index (χ1) is 12.6. The minimum absolute atomic E-state index is 0.0945. The summed E-state index contributed by atoms with van der Waals surface area (Å²) >= 11 is 3.39. The van der Waals surface area contributed by atoms with Crippen molar-refractivity contribution >= 4 is 44.8 Å². The highest BCUT2D eigenvalue weighted by molar-refractivity contribution is 9.10. The maximum Gasteiger partial charge on any atom is 0.274 e. The van der Waals surface area contributed by atoms with E-state index in [2.05, 4.69) is 27.1 Å². The van der Waals surface area contributed by atoms with E-state index in [4.69, 9.17) is 0 Å². The number of nitrogens with zero attached hydrogens (tertiary/aromatic N) is 3. The third kappa shape index (κ3) is 3.17. The fourth-order valence-corrected chi connectivity index (χ4v) is 3.66. The van der Waals surface area contributed by atoms with Crippen LogP contribution in [0, 0.1) is 0 Å². The Balaban J connectivity index is 1.65. The molecule has 0 saturated carbocycles. The van der Waals surface area contributed by atoms with Gasteiger partial charge in [0.15, 0.2) is 0 Å². The zero-order valence-electron chi connectivity index (χ0n) is 14.2. The number of aryl methyl sites for hydroxylation is 1. The van der Waals surface area contributed by atoms with Crippen molar-refractivity contribution in [3.63, 3.8) is 0 Å². The van der Waals surface area contributed by atoms with Crippen molar-refractivity contribution in [1.29, 1.82) is 0 Å². The number of amides is 2. The summed E-state index contributed by atoms with van der Waals surface area (Å²) in [5, 5.41) is 5.75. The Bertz CT molecular complexity index is 892. The molecule has 2 aromatic carbocycles. The highest BCUT2D eigenvalue weighted by Crippen LogP contribution is 2.28. The molecule has 2 aliphatic heterocycles. The van der Waals surface area contributed by atoms with Crippen LogP contribution in [0.5, 0.6) is 0 Å². The van der Waals surface area contributed by atoms with Gasteiger partial charge in [0.2, 0.25) is 5.91 Å². The lowest BCUT2D eigenvalue weighted by molar-refractivity contribution is -0.118. The van der Waals surface area contributed by atoms with Crippen molar-refractivity contribution in [2.24, 2.45) is 5.10 Å². The zero-order valence-corrected chi connectivity index (χ0v) is 15.8. The Hall–Kier alpha value is -2.47. The molecule has 5 nitrogen and oxygen atoms in total. The lowest BCUT2D eigenvalue weighted by Gasteiger charge is -2.31. The first-order valence-corrected chi connectivity index (χ1v) is 9.48. The monoisotopic (exact) mass is 411 g/mol. The predicted molar refractivity (Wildman–Crippen MR) is 105 cm³/mol. The SMILES string of the molecule is O=C(C1=NN(c2ccc(Br)cc2)C(=O)CC1)N1CCCc2ccccc21. The van der Waals surface area contributed by atoms with Crippen molar-refractivity contribution in [3.05, 3.63) is 58.6 Å². The molecule has 2 heterocycles. The molecule has 4 rings (SSSR count). The predicted octanol–water partition coefficient (Wildman–Crippen LogP) is 3.91. The van der Waals surface area contributed by atoms with Crippen molar-refractivity contribution in [2.45, 2.75) is 25.7 Å². The van der Waals surface area contributed by atoms with Gasteiger partial charge in [-0.3, -0.25) is 9.59 Å². The van der Waals surface area contributed by atoms with Gasteiger partial charge in [0.1, 0.15) is 5.71 Å². The van der Waals surface area contributed by atoms with E-state index < -0.39 is 0 Å². The van der Waals surface area contributed by atoms with E-state index in [9.17, 15) is 9.59 Å². The molecule has 132 valence electrons. The second kappa shape index (κ2) is 7.03. The summed E-state index contributed by atoms with van der Waals surface area (Å²) < 4.78 is 0.927. The molecule has 0 fully saturated rings. The van der Waals surface area contributed by atoms with E-state index in [-0.39, 0.29) is 18.2 Å². The van der Waals surface area contributed by atoms with Crippen LogP contribution in [0.2, 0.25) is 0 Å². The van der Waals surface area contributed by atoms with Gasteiger partial charge in [-0.25, -0.2) is 5.01 Å². The van der Waals surface area contributed by atoms with Crippen LogP contribution in [-0.4, -0.2) is 24.1 Å². The summed E-state index contributed by atoms with van der Waals surface area (Å²) in [4.78, 5) is 27.2. The van der Waals surface area contributed by atoms with E-state index in [1.54, 1.807) is 4.90 Å². The third-order valence-electron chi connectivity index (χ3n) is 4.71. The number of anilines is 2. The summed E-state index contributed by atoms with van der Waals surface area (Å²) in [6, 6.07) is 15.3. The Morgan fingerprint density at radius 3 is 2.58 bits per heavy atom. The van der Waals surface area contributed by atoms with E-state index in [0.717, 1.165) is 23.0 Å². The fraction of sp³-hybridized carbons (Fsp3) is 0.250. The first kappa shape index (κ1) is 17.0. The molecule has 0 saturated heterocycles. The van der Waals surface area contributed by atoms with Crippen LogP contribution in [0.4, 0.5) is 11.4 Å². The maximum absolute atomic E-state index is 13.1. The number of hydrogen-bond acceptors (Lipinski definition) is 3. The highest BCUT2D eigenvalue weighted by atomic mass is 79.9. The zero-order chi connectivity index (χ0) is 18.1. The molecule has 6 heteroatoms. The number of hydrazone groups is 1. The van der Waals surface area contributed by atoms with Gasteiger partial charge in [-0.05, 0) is 48.7 Å². The Morgan fingerprint density at radius 2 is 1.77 bits per heavy atom. The van der Waals surface area contributed by atoms with Gasteiger partial charge < -0.3 is 4.90 Å². The summed E-state index contributed by atoms with van der Waals surface area (Å²) in [7, 11) is 0. The lowest BCUT2D eigenvalue weighted by atomic mass is 10.0. The summed E-state index contributed by atoms with van der Waals surface area (Å²) in [6.07, 6.45) is 2.58. The van der Waals surface area contributed by atoms with Gasteiger partial charge in [0.05, 0.1) is 5.69 Å². The molecule has 26 heavy (non-hydrogen) atoms. The average Bonchev–Trinajstić information content (AvgIpc) is 2.68. The van der Waals surface area contributed by atoms with Crippen LogP contribution in [-0.2, 0) is 16.0 Å². The van der Waals surface area contributed by atoms with Crippen LogP contribution >= 0.6 is 15.9 Å². The summed E-state index contributed by atoms with van der Waals surface area (Å²) in [5.74, 6) is -0.199. The molecule has 2 amide bonds. The van der Waals surface area contributed by atoms with Crippen molar-refractivity contribution in [2.75, 3.05) is 16.5 Å². The van der Waals surface area contributed by atoms with Crippen molar-refractivity contribution in [1.82, 2.24) is 0 Å². The van der Waals surface area contributed by atoms with Crippen LogP contribution in [0.15, 0.2) is 58.1 Å². The highest BCUT2D eigenvalue weighted by Gasteiger charge is 2.30.